The Morgan fingerprint density at radius 1 is 0.938 bits per heavy atom. The van der Waals surface area contributed by atoms with E-state index in [9.17, 15) is 29.6 Å². The molecule has 0 aromatic heterocycles. The van der Waals surface area contributed by atoms with Gasteiger partial charge in [0.15, 0.2) is 14.1 Å². The lowest BCUT2D eigenvalue weighted by atomic mass is 9.76. The SMILES string of the molecule is CC[Si](CC)(CC)O[C@H](C)[C@H]1C(=O)N2C(C(=O)OCc3ccc([N+](=O)[O-])cc3)=C(c3ccc4c(c3)-c3ccc(CO)cc3C4=O)[C@H](C)[C@H]12. The molecule has 3 aliphatic rings. The Morgan fingerprint density at radius 2 is 1.58 bits per heavy atom. The van der Waals surface area contributed by atoms with Crippen LogP contribution in [0.25, 0.3) is 16.7 Å². The second-order valence-electron chi connectivity index (χ2n) is 13.0. The van der Waals surface area contributed by atoms with Crippen molar-refractivity contribution in [3.8, 4) is 11.1 Å². The van der Waals surface area contributed by atoms with Crippen LogP contribution in [0.5, 0.6) is 0 Å². The smallest absolute Gasteiger partial charge is 0.355 e. The molecule has 1 saturated heterocycles. The van der Waals surface area contributed by atoms with Gasteiger partial charge in [-0.3, -0.25) is 19.7 Å². The number of hydrogen-bond acceptors (Lipinski definition) is 8. The molecule has 6 rings (SSSR count). The third-order valence-electron chi connectivity index (χ3n) is 10.6. The minimum atomic E-state index is -2.03. The van der Waals surface area contributed by atoms with Crippen LogP contribution in [0.2, 0.25) is 18.1 Å². The third kappa shape index (κ3) is 5.39. The highest BCUT2D eigenvalue weighted by Gasteiger charge is 2.61. The topological polar surface area (TPSA) is 136 Å². The van der Waals surface area contributed by atoms with Gasteiger partial charge in [-0.25, -0.2) is 4.79 Å². The van der Waals surface area contributed by atoms with Gasteiger partial charge in [-0.15, -0.1) is 0 Å². The molecule has 1 amide bonds. The minimum absolute atomic E-state index is 0.0679. The van der Waals surface area contributed by atoms with E-state index >= 15 is 0 Å². The summed E-state index contributed by atoms with van der Waals surface area (Å²) < 4.78 is 12.5. The van der Waals surface area contributed by atoms with E-state index in [4.69, 9.17) is 9.16 Å². The molecular weight excluding hydrogens is 628 g/mol. The van der Waals surface area contributed by atoms with Crippen LogP contribution in [0.3, 0.4) is 0 Å². The molecule has 11 heteroatoms. The normalized spacial score (nSPS) is 20.3. The van der Waals surface area contributed by atoms with Gasteiger partial charge in [-0.2, -0.15) is 0 Å². The van der Waals surface area contributed by atoms with E-state index in [1.807, 2.05) is 32.0 Å². The quantitative estimate of drug-likeness (QED) is 0.0584. The van der Waals surface area contributed by atoms with Crippen molar-refractivity contribution in [1.82, 2.24) is 4.90 Å². The standard InChI is InChI=1S/C37H40N2O8Si/c1-6-48(7-2,8-3)47-22(5)32-33-21(4)31(25-12-16-28-29(18-25)27-15-11-24(19-40)17-30(27)35(28)41)34(38(33)36(32)42)37(43)46-20-23-9-13-26(14-10-23)39(44)45/h9-18,21-22,32-33,40H,6-8,19-20H2,1-5H3/t21-,22+,32+,33+/m0/s1. The number of amides is 1. The van der Waals surface area contributed by atoms with Gasteiger partial charge in [0.1, 0.15) is 12.3 Å². The average molecular weight is 669 g/mol. The fourth-order valence-corrected chi connectivity index (χ4v) is 10.7. The highest BCUT2D eigenvalue weighted by atomic mass is 28.4. The highest BCUT2D eigenvalue weighted by molar-refractivity contribution is 6.73. The van der Waals surface area contributed by atoms with Crippen LogP contribution < -0.4 is 0 Å². The van der Waals surface area contributed by atoms with Gasteiger partial charge in [-0.1, -0.05) is 45.9 Å². The van der Waals surface area contributed by atoms with E-state index in [1.165, 1.54) is 24.3 Å². The number of hydrogen-bond donors (Lipinski definition) is 1. The molecule has 0 unspecified atom stereocenters. The highest BCUT2D eigenvalue weighted by Crippen LogP contribution is 2.52. The summed E-state index contributed by atoms with van der Waals surface area (Å²) >= 11 is 0. The molecule has 0 bridgehead atoms. The predicted octanol–water partition coefficient (Wildman–Crippen LogP) is 6.64. The van der Waals surface area contributed by atoms with E-state index in [1.54, 1.807) is 23.1 Å². The summed E-state index contributed by atoms with van der Waals surface area (Å²) in [6, 6.07) is 19.1. The van der Waals surface area contributed by atoms with Crippen molar-refractivity contribution in [3.05, 3.63) is 104 Å². The number of nitrogens with zero attached hydrogens (tertiary/aromatic N) is 2. The predicted molar refractivity (Wildman–Crippen MR) is 182 cm³/mol. The molecule has 0 saturated carbocycles. The van der Waals surface area contributed by atoms with E-state index in [0.29, 0.717) is 33.4 Å². The number of rotatable bonds is 12. The lowest BCUT2D eigenvalue weighted by molar-refractivity contribution is -0.384. The fraction of sp³-hybridized carbons (Fsp3) is 0.378. The van der Waals surface area contributed by atoms with Crippen molar-refractivity contribution in [2.75, 3.05) is 0 Å². The maximum Gasteiger partial charge on any atom is 0.355 e. The van der Waals surface area contributed by atoms with Gasteiger partial charge in [-0.05, 0) is 88.8 Å². The lowest BCUT2D eigenvalue weighted by Crippen LogP contribution is -2.65. The number of nitro groups is 1. The number of β-lactam (4-membered cyclic amide) rings is 1. The van der Waals surface area contributed by atoms with Crippen molar-refractivity contribution in [2.24, 2.45) is 11.8 Å². The zero-order chi connectivity index (χ0) is 34.5. The van der Waals surface area contributed by atoms with E-state index in [-0.39, 0.29) is 54.4 Å². The molecule has 0 radical (unpaired) electrons. The molecule has 1 fully saturated rings. The van der Waals surface area contributed by atoms with Crippen LogP contribution in [0.4, 0.5) is 5.69 Å². The molecule has 4 atom stereocenters. The van der Waals surface area contributed by atoms with Crippen molar-refractivity contribution in [3.63, 3.8) is 0 Å². The van der Waals surface area contributed by atoms with Crippen LogP contribution in [-0.2, 0) is 32.0 Å². The zero-order valence-electron chi connectivity index (χ0n) is 27.8. The first-order chi connectivity index (χ1) is 23.0. The Kier molecular flexibility index (Phi) is 8.97. The molecular formula is C37H40N2O8Si. The molecule has 3 aromatic carbocycles. The van der Waals surface area contributed by atoms with Crippen molar-refractivity contribution < 1.29 is 33.6 Å². The first-order valence-corrected chi connectivity index (χ1v) is 19.1. The van der Waals surface area contributed by atoms with Gasteiger partial charge in [0, 0.05) is 29.2 Å². The Balaban J connectivity index is 1.37. The number of nitro benzene ring substituents is 1. The average Bonchev–Trinajstić information content (AvgIpc) is 3.53. The monoisotopic (exact) mass is 668 g/mol. The third-order valence-corrected chi connectivity index (χ3v) is 15.4. The molecule has 1 N–H and O–H groups in total. The summed E-state index contributed by atoms with van der Waals surface area (Å²) in [4.78, 5) is 53.4. The van der Waals surface area contributed by atoms with E-state index < -0.39 is 25.1 Å². The molecule has 10 nitrogen and oxygen atoms in total. The Hall–Kier alpha value is -4.45. The number of carbonyl (C=O) groups is 3. The number of carbonyl (C=O) groups excluding carboxylic acids is 3. The van der Waals surface area contributed by atoms with Crippen LogP contribution in [-0.4, -0.2) is 53.1 Å². The first kappa shape index (κ1) is 33.4. The molecule has 0 spiro atoms. The first-order valence-electron chi connectivity index (χ1n) is 16.6. The lowest BCUT2D eigenvalue weighted by Gasteiger charge is -2.49. The Morgan fingerprint density at radius 3 is 2.21 bits per heavy atom. The van der Waals surface area contributed by atoms with Crippen LogP contribution in [0.1, 0.15) is 67.2 Å². The summed E-state index contributed by atoms with van der Waals surface area (Å²) in [5.41, 5.74) is 5.24. The molecule has 250 valence electrons. The molecule has 48 heavy (non-hydrogen) atoms. The Labute approximate surface area is 280 Å². The molecule has 2 heterocycles. The molecule has 2 aliphatic heterocycles. The second-order valence-corrected chi connectivity index (χ2v) is 17.7. The van der Waals surface area contributed by atoms with Crippen LogP contribution in [0.15, 0.2) is 66.4 Å². The second kappa shape index (κ2) is 12.9. The summed E-state index contributed by atoms with van der Waals surface area (Å²) in [5.74, 6) is -1.64. The van der Waals surface area contributed by atoms with Crippen molar-refractivity contribution in [2.45, 2.75) is 78.1 Å². The largest absolute Gasteiger partial charge is 0.456 e. The van der Waals surface area contributed by atoms with Crippen molar-refractivity contribution in [1.29, 1.82) is 0 Å². The number of ketones is 1. The number of ether oxygens (including phenoxy) is 1. The van der Waals surface area contributed by atoms with Gasteiger partial charge in [0.2, 0.25) is 5.91 Å². The van der Waals surface area contributed by atoms with Gasteiger partial charge in [0.25, 0.3) is 5.69 Å². The van der Waals surface area contributed by atoms with Gasteiger partial charge >= 0.3 is 5.97 Å². The Bertz CT molecular complexity index is 1840. The molecule has 3 aromatic rings. The van der Waals surface area contributed by atoms with Gasteiger partial charge < -0.3 is 19.2 Å². The van der Waals surface area contributed by atoms with Crippen LogP contribution >= 0.6 is 0 Å². The number of non-ortho nitro benzene ring substituents is 1. The van der Waals surface area contributed by atoms with Gasteiger partial charge in [0.05, 0.1) is 29.6 Å². The fourth-order valence-electron chi connectivity index (χ4n) is 7.72. The summed E-state index contributed by atoms with van der Waals surface area (Å²) in [6.07, 6.45) is -0.324. The van der Waals surface area contributed by atoms with E-state index in [2.05, 4.69) is 20.8 Å². The number of aliphatic hydroxyl groups excluding tert-OH is 1. The molecule has 1 aliphatic carbocycles. The van der Waals surface area contributed by atoms with Crippen molar-refractivity contribution >= 4 is 37.2 Å². The zero-order valence-corrected chi connectivity index (χ0v) is 28.8. The van der Waals surface area contributed by atoms with E-state index in [0.717, 1.165) is 29.3 Å². The van der Waals surface area contributed by atoms with Crippen LogP contribution in [0, 0.1) is 22.0 Å². The number of aliphatic hydroxyl groups is 1. The number of benzene rings is 3. The maximum atomic E-state index is 14.0. The summed E-state index contributed by atoms with van der Waals surface area (Å²) in [7, 11) is -2.03. The number of esters is 1. The maximum absolute atomic E-state index is 14.0. The number of fused-ring (bicyclic) bond motifs is 4. The summed E-state index contributed by atoms with van der Waals surface area (Å²) in [6.45, 7) is 10.1. The minimum Gasteiger partial charge on any atom is -0.456 e. The summed E-state index contributed by atoms with van der Waals surface area (Å²) in [5, 5.41) is 20.7.